The molecular formula is C23H26BrN7O3S. The van der Waals surface area contributed by atoms with Crippen LogP contribution in [0.4, 0.5) is 5.82 Å². The monoisotopic (exact) mass is 559 g/mol. The SMILES string of the molecule is Nc1ncnc2c1nc(Sc1cc3c(cc1Br)OCO3)n2CCC1CCN(C(=O)C2(N)CC2)CC1. The number of nitrogens with zero attached hydrogens (tertiary/aromatic N) is 5. The van der Waals surface area contributed by atoms with Gasteiger partial charge in [-0.2, -0.15) is 0 Å². The minimum Gasteiger partial charge on any atom is -0.454 e. The van der Waals surface area contributed by atoms with Gasteiger partial charge in [0.15, 0.2) is 33.6 Å². The predicted molar refractivity (Wildman–Crippen MR) is 134 cm³/mol. The van der Waals surface area contributed by atoms with Crippen molar-refractivity contribution in [2.24, 2.45) is 11.7 Å². The summed E-state index contributed by atoms with van der Waals surface area (Å²) in [5, 5.41) is 0.790. The smallest absolute Gasteiger partial charge is 0.242 e. The maximum Gasteiger partial charge on any atom is 0.242 e. The Bertz CT molecular complexity index is 1300. The van der Waals surface area contributed by atoms with Gasteiger partial charge in [0, 0.05) is 29.0 Å². The molecule has 2 fully saturated rings. The van der Waals surface area contributed by atoms with Crippen molar-refractivity contribution < 1.29 is 14.3 Å². The van der Waals surface area contributed by atoms with E-state index in [-0.39, 0.29) is 12.7 Å². The normalized spacial score (nSPS) is 18.9. The molecule has 4 heterocycles. The number of hydrogen-bond donors (Lipinski definition) is 2. The lowest BCUT2D eigenvalue weighted by atomic mass is 9.93. The van der Waals surface area contributed by atoms with E-state index < -0.39 is 5.54 Å². The van der Waals surface area contributed by atoms with Gasteiger partial charge in [0.1, 0.15) is 6.33 Å². The highest BCUT2D eigenvalue weighted by Gasteiger charge is 2.48. The average molecular weight is 560 g/mol. The van der Waals surface area contributed by atoms with Crippen LogP contribution in [0.15, 0.2) is 33.0 Å². The first-order chi connectivity index (χ1) is 16.9. The summed E-state index contributed by atoms with van der Waals surface area (Å²) in [6.45, 7) is 2.51. The van der Waals surface area contributed by atoms with E-state index in [1.165, 1.54) is 18.1 Å². The molecule has 2 aromatic heterocycles. The Hall–Kier alpha value is -2.57. The number of piperidine rings is 1. The lowest BCUT2D eigenvalue weighted by Crippen LogP contribution is -2.48. The Morgan fingerprint density at radius 3 is 2.69 bits per heavy atom. The molecule has 184 valence electrons. The topological polar surface area (TPSA) is 134 Å². The van der Waals surface area contributed by atoms with Crippen LogP contribution >= 0.6 is 27.7 Å². The maximum atomic E-state index is 12.6. The van der Waals surface area contributed by atoms with Crippen LogP contribution in [0.2, 0.25) is 0 Å². The number of carbonyl (C=O) groups excluding carboxylic acids is 1. The van der Waals surface area contributed by atoms with Crippen molar-refractivity contribution in [1.29, 1.82) is 0 Å². The first-order valence-electron chi connectivity index (χ1n) is 11.7. The van der Waals surface area contributed by atoms with E-state index in [4.69, 9.17) is 25.9 Å². The van der Waals surface area contributed by atoms with E-state index in [9.17, 15) is 4.79 Å². The number of carbonyl (C=O) groups is 1. The number of benzene rings is 1. The molecule has 0 unspecified atom stereocenters. The van der Waals surface area contributed by atoms with Gasteiger partial charge in [-0.25, -0.2) is 15.0 Å². The van der Waals surface area contributed by atoms with E-state index in [1.807, 2.05) is 17.0 Å². The molecule has 0 atom stereocenters. The van der Waals surface area contributed by atoms with Gasteiger partial charge in [0.2, 0.25) is 12.7 Å². The number of anilines is 1. The van der Waals surface area contributed by atoms with Crippen LogP contribution in [-0.2, 0) is 11.3 Å². The Balaban J connectivity index is 1.20. The van der Waals surface area contributed by atoms with Gasteiger partial charge >= 0.3 is 0 Å². The lowest BCUT2D eigenvalue weighted by molar-refractivity contribution is -0.135. The van der Waals surface area contributed by atoms with Crippen molar-refractivity contribution in [2.45, 2.75) is 54.2 Å². The number of likely N-dealkylation sites (tertiary alicyclic amines) is 1. The van der Waals surface area contributed by atoms with E-state index >= 15 is 0 Å². The lowest BCUT2D eigenvalue weighted by Gasteiger charge is -2.33. The molecule has 1 amide bonds. The number of nitrogen functional groups attached to an aromatic ring is 1. The first kappa shape index (κ1) is 22.9. The fourth-order valence-corrected chi connectivity index (χ4v) is 6.20. The number of rotatable bonds is 6. The summed E-state index contributed by atoms with van der Waals surface area (Å²) in [4.78, 5) is 28.9. The second kappa shape index (κ2) is 8.82. The van der Waals surface area contributed by atoms with Gasteiger partial charge in [0.05, 0.1) is 5.54 Å². The number of amides is 1. The zero-order chi connectivity index (χ0) is 24.2. The maximum absolute atomic E-state index is 12.6. The van der Waals surface area contributed by atoms with Gasteiger partial charge in [-0.15, -0.1) is 0 Å². The number of fused-ring (bicyclic) bond motifs is 2. The Kier molecular flexibility index (Phi) is 5.76. The van der Waals surface area contributed by atoms with Crippen molar-refractivity contribution in [3.63, 3.8) is 0 Å². The molecule has 3 aliphatic rings. The fraction of sp³-hybridized carbons (Fsp3) is 0.478. The molecule has 35 heavy (non-hydrogen) atoms. The molecular weight excluding hydrogens is 534 g/mol. The quantitative estimate of drug-likeness (QED) is 0.466. The third kappa shape index (κ3) is 4.31. The molecule has 1 aliphatic carbocycles. The van der Waals surface area contributed by atoms with Gasteiger partial charge in [-0.05, 0) is 66.1 Å². The molecule has 1 saturated heterocycles. The van der Waals surface area contributed by atoms with Crippen molar-refractivity contribution in [3.8, 4) is 11.5 Å². The van der Waals surface area contributed by atoms with Crippen LogP contribution in [0.5, 0.6) is 11.5 Å². The first-order valence-corrected chi connectivity index (χ1v) is 13.3. The number of nitrogens with two attached hydrogens (primary N) is 2. The third-order valence-electron chi connectivity index (χ3n) is 7.03. The molecule has 4 N–H and O–H groups in total. The number of hydrogen-bond acceptors (Lipinski definition) is 9. The van der Waals surface area contributed by atoms with Gasteiger partial charge in [-0.1, -0.05) is 11.8 Å². The number of aryl methyl sites for hydroxylation is 1. The van der Waals surface area contributed by atoms with E-state index in [0.29, 0.717) is 23.0 Å². The second-order valence-corrected chi connectivity index (χ2v) is 11.3. The Morgan fingerprint density at radius 1 is 1.20 bits per heavy atom. The number of ether oxygens (including phenoxy) is 2. The van der Waals surface area contributed by atoms with Crippen LogP contribution in [0.1, 0.15) is 32.1 Å². The molecule has 0 spiro atoms. The van der Waals surface area contributed by atoms with Gasteiger partial charge in [0.25, 0.3) is 0 Å². The summed E-state index contributed by atoms with van der Waals surface area (Å²) in [7, 11) is 0. The van der Waals surface area contributed by atoms with Crippen molar-refractivity contribution >= 4 is 50.6 Å². The predicted octanol–water partition coefficient (Wildman–Crippen LogP) is 3.17. The van der Waals surface area contributed by atoms with Crippen LogP contribution in [0.25, 0.3) is 11.2 Å². The standard InChI is InChI=1S/C23H26BrN7O3S/c24-14-9-15-16(34-12-33-15)10-17(14)35-22-29-18-19(25)27-11-28-20(18)31(22)8-3-13-1-6-30(7-2-13)21(32)23(26)4-5-23/h9-11,13H,1-8,12,26H2,(H2,25,27,28). The minimum atomic E-state index is -0.586. The molecule has 0 bridgehead atoms. The summed E-state index contributed by atoms with van der Waals surface area (Å²) in [5.74, 6) is 2.43. The largest absolute Gasteiger partial charge is 0.454 e. The highest BCUT2D eigenvalue weighted by Crippen LogP contribution is 2.43. The van der Waals surface area contributed by atoms with Crippen LogP contribution in [-0.4, -0.2) is 55.7 Å². The third-order valence-corrected chi connectivity index (χ3v) is 9.00. The van der Waals surface area contributed by atoms with E-state index in [1.54, 1.807) is 0 Å². The number of imidazole rings is 1. The summed E-state index contributed by atoms with van der Waals surface area (Å²) in [6.07, 6.45) is 6.00. The molecule has 2 aliphatic heterocycles. The Labute approximate surface area is 214 Å². The molecule has 6 rings (SSSR count). The molecule has 12 heteroatoms. The highest BCUT2D eigenvalue weighted by atomic mass is 79.9. The van der Waals surface area contributed by atoms with Crippen LogP contribution in [0, 0.1) is 5.92 Å². The average Bonchev–Trinajstić information content (AvgIpc) is 3.28. The van der Waals surface area contributed by atoms with E-state index in [2.05, 4.69) is 30.5 Å². The zero-order valence-corrected chi connectivity index (χ0v) is 21.5. The number of aromatic nitrogens is 4. The van der Waals surface area contributed by atoms with Crippen molar-refractivity contribution in [1.82, 2.24) is 24.4 Å². The van der Waals surface area contributed by atoms with Gasteiger partial charge in [-0.3, -0.25) is 4.79 Å². The minimum absolute atomic E-state index is 0.122. The van der Waals surface area contributed by atoms with E-state index in [0.717, 1.165) is 77.7 Å². The second-order valence-electron chi connectivity index (χ2n) is 9.40. The van der Waals surface area contributed by atoms with Crippen molar-refractivity contribution in [3.05, 3.63) is 22.9 Å². The molecule has 1 aromatic carbocycles. The molecule has 1 saturated carbocycles. The Morgan fingerprint density at radius 2 is 1.94 bits per heavy atom. The van der Waals surface area contributed by atoms with Crippen molar-refractivity contribution in [2.75, 3.05) is 25.6 Å². The zero-order valence-electron chi connectivity index (χ0n) is 19.1. The highest BCUT2D eigenvalue weighted by molar-refractivity contribution is 9.10. The summed E-state index contributed by atoms with van der Waals surface area (Å²) < 4.78 is 14.0. The summed E-state index contributed by atoms with van der Waals surface area (Å²) in [5.41, 5.74) is 13.0. The summed E-state index contributed by atoms with van der Waals surface area (Å²) >= 11 is 5.16. The molecule has 0 radical (unpaired) electrons. The number of halogens is 1. The summed E-state index contributed by atoms with van der Waals surface area (Å²) in [6, 6.07) is 3.86. The van der Waals surface area contributed by atoms with Crippen LogP contribution in [0.3, 0.4) is 0 Å². The molecule has 3 aromatic rings. The van der Waals surface area contributed by atoms with Crippen LogP contribution < -0.4 is 20.9 Å². The fourth-order valence-electron chi connectivity index (χ4n) is 4.69. The molecule has 10 nitrogen and oxygen atoms in total. The van der Waals surface area contributed by atoms with Gasteiger partial charge < -0.3 is 30.4 Å².